The molecule has 0 spiro atoms. The Labute approximate surface area is 153 Å². The molecule has 1 fully saturated rings. The van der Waals surface area contributed by atoms with Crippen molar-refractivity contribution in [3.05, 3.63) is 29.3 Å². The van der Waals surface area contributed by atoms with Gasteiger partial charge < -0.3 is 20.3 Å². The molecule has 1 aromatic rings. The predicted molar refractivity (Wildman–Crippen MR) is 99.1 cm³/mol. The summed E-state index contributed by atoms with van der Waals surface area (Å²) in [6, 6.07) is 6.85. The number of nitrogens with one attached hydrogen (secondary N) is 2. The SMILES string of the molecule is CC(C)(C)OC(=O)NCC1CCCCN1C(=O)Nc1ccccc1Cl. The summed E-state index contributed by atoms with van der Waals surface area (Å²) in [6.07, 6.45) is 2.34. The van der Waals surface area contributed by atoms with Crippen LogP contribution in [0.4, 0.5) is 15.3 Å². The van der Waals surface area contributed by atoms with Gasteiger partial charge in [0.2, 0.25) is 0 Å². The molecule has 1 heterocycles. The van der Waals surface area contributed by atoms with Crippen LogP contribution in [-0.4, -0.2) is 41.8 Å². The zero-order valence-corrected chi connectivity index (χ0v) is 15.7. The zero-order valence-electron chi connectivity index (χ0n) is 15.0. The van der Waals surface area contributed by atoms with Crippen LogP contribution in [0, 0.1) is 0 Å². The number of nitrogens with zero attached hydrogens (tertiary/aromatic N) is 1. The Morgan fingerprint density at radius 1 is 1.28 bits per heavy atom. The lowest BCUT2D eigenvalue weighted by Gasteiger charge is -2.36. The summed E-state index contributed by atoms with van der Waals surface area (Å²) >= 11 is 6.10. The van der Waals surface area contributed by atoms with Gasteiger partial charge in [-0.2, -0.15) is 0 Å². The molecule has 3 amide bonds. The predicted octanol–water partition coefficient (Wildman–Crippen LogP) is 4.25. The van der Waals surface area contributed by atoms with Crippen LogP contribution in [0.3, 0.4) is 0 Å². The highest BCUT2D eigenvalue weighted by Gasteiger charge is 2.28. The molecule has 25 heavy (non-hydrogen) atoms. The molecule has 6 nitrogen and oxygen atoms in total. The van der Waals surface area contributed by atoms with Crippen LogP contribution in [0.25, 0.3) is 0 Å². The van der Waals surface area contributed by atoms with Gasteiger partial charge in [-0.05, 0) is 52.2 Å². The van der Waals surface area contributed by atoms with E-state index >= 15 is 0 Å². The Bertz CT molecular complexity index is 616. The van der Waals surface area contributed by atoms with Crippen LogP contribution in [0.5, 0.6) is 0 Å². The van der Waals surface area contributed by atoms with Gasteiger partial charge in [0.05, 0.1) is 16.8 Å². The number of benzene rings is 1. The molecule has 138 valence electrons. The molecule has 1 aliphatic rings. The van der Waals surface area contributed by atoms with Crippen LogP contribution in [0.2, 0.25) is 5.02 Å². The quantitative estimate of drug-likeness (QED) is 0.838. The summed E-state index contributed by atoms with van der Waals surface area (Å²) in [4.78, 5) is 26.2. The topological polar surface area (TPSA) is 70.7 Å². The van der Waals surface area contributed by atoms with E-state index < -0.39 is 11.7 Å². The zero-order chi connectivity index (χ0) is 18.4. The van der Waals surface area contributed by atoms with Gasteiger partial charge in [-0.1, -0.05) is 23.7 Å². The van der Waals surface area contributed by atoms with E-state index in [2.05, 4.69) is 10.6 Å². The van der Waals surface area contributed by atoms with Crippen molar-refractivity contribution in [2.45, 2.75) is 51.7 Å². The molecule has 0 bridgehead atoms. The standard InChI is InChI=1S/C18H26ClN3O3/c1-18(2,3)25-17(24)20-12-13-8-6-7-11-22(13)16(23)21-15-10-5-4-9-14(15)19/h4-5,9-10,13H,6-8,11-12H2,1-3H3,(H,20,24)(H,21,23). The second-order valence-corrected chi connectivity index (χ2v) is 7.54. The largest absolute Gasteiger partial charge is 0.444 e. The third-order valence-electron chi connectivity index (χ3n) is 3.88. The van der Waals surface area contributed by atoms with Crippen LogP contribution < -0.4 is 10.6 Å². The number of anilines is 1. The Hall–Kier alpha value is -1.95. The molecule has 0 radical (unpaired) electrons. The van der Waals surface area contributed by atoms with E-state index in [9.17, 15) is 9.59 Å². The second-order valence-electron chi connectivity index (χ2n) is 7.14. The molecular formula is C18H26ClN3O3. The lowest BCUT2D eigenvalue weighted by atomic mass is 10.0. The summed E-state index contributed by atoms with van der Waals surface area (Å²) in [5.41, 5.74) is 0.0381. The van der Waals surface area contributed by atoms with Crippen molar-refractivity contribution in [2.75, 3.05) is 18.4 Å². The number of urea groups is 1. The van der Waals surface area contributed by atoms with Crippen LogP contribution in [0.1, 0.15) is 40.0 Å². The normalized spacial score (nSPS) is 17.8. The fourth-order valence-corrected chi connectivity index (χ4v) is 2.93. The highest BCUT2D eigenvalue weighted by atomic mass is 35.5. The van der Waals surface area contributed by atoms with Gasteiger partial charge in [0.25, 0.3) is 0 Å². The third kappa shape index (κ3) is 6.12. The van der Waals surface area contributed by atoms with Gasteiger partial charge in [-0.3, -0.25) is 0 Å². The van der Waals surface area contributed by atoms with Gasteiger partial charge in [-0.25, -0.2) is 9.59 Å². The Balaban J connectivity index is 1.94. The first-order chi connectivity index (χ1) is 11.8. The maximum atomic E-state index is 12.6. The van der Waals surface area contributed by atoms with Crippen LogP contribution >= 0.6 is 11.6 Å². The molecule has 1 aromatic carbocycles. The van der Waals surface area contributed by atoms with E-state index in [1.807, 2.05) is 32.9 Å². The van der Waals surface area contributed by atoms with Gasteiger partial charge in [0.1, 0.15) is 5.60 Å². The molecule has 1 unspecified atom stereocenters. The Morgan fingerprint density at radius 2 is 2.00 bits per heavy atom. The number of likely N-dealkylation sites (tertiary alicyclic amines) is 1. The second kappa shape index (κ2) is 8.43. The molecule has 2 rings (SSSR count). The summed E-state index contributed by atoms with van der Waals surface area (Å²) < 4.78 is 5.25. The lowest BCUT2D eigenvalue weighted by molar-refractivity contribution is 0.0505. The van der Waals surface area contributed by atoms with Gasteiger partial charge >= 0.3 is 12.1 Å². The highest BCUT2D eigenvalue weighted by molar-refractivity contribution is 6.33. The number of carbonyl (C=O) groups excluding carboxylic acids is 2. The number of amides is 3. The first-order valence-electron chi connectivity index (χ1n) is 8.55. The Kier molecular flexibility index (Phi) is 6.53. The van der Waals surface area contributed by atoms with Crippen molar-refractivity contribution in [3.8, 4) is 0 Å². The maximum absolute atomic E-state index is 12.6. The minimum Gasteiger partial charge on any atom is -0.444 e. The minimum absolute atomic E-state index is 0.0660. The average molecular weight is 368 g/mol. The molecule has 0 aliphatic carbocycles. The monoisotopic (exact) mass is 367 g/mol. The fraction of sp³-hybridized carbons (Fsp3) is 0.556. The molecule has 0 saturated carbocycles. The van der Waals surface area contributed by atoms with Crippen molar-refractivity contribution >= 4 is 29.4 Å². The first kappa shape index (κ1) is 19.4. The lowest BCUT2D eigenvalue weighted by Crippen LogP contribution is -2.51. The van der Waals surface area contributed by atoms with Crippen LogP contribution in [-0.2, 0) is 4.74 Å². The first-order valence-corrected chi connectivity index (χ1v) is 8.93. The summed E-state index contributed by atoms with van der Waals surface area (Å²) in [6.45, 7) is 6.46. The molecule has 7 heteroatoms. The van der Waals surface area contributed by atoms with E-state index in [0.29, 0.717) is 23.8 Å². The molecule has 1 atom stereocenters. The molecule has 1 saturated heterocycles. The van der Waals surface area contributed by atoms with E-state index in [0.717, 1.165) is 19.3 Å². The Morgan fingerprint density at radius 3 is 2.68 bits per heavy atom. The van der Waals surface area contributed by atoms with E-state index in [1.165, 1.54) is 0 Å². The number of hydrogen-bond acceptors (Lipinski definition) is 3. The van der Waals surface area contributed by atoms with Gasteiger partial charge in [0, 0.05) is 13.1 Å². The summed E-state index contributed by atoms with van der Waals surface area (Å²) in [7, 11) is 0. The minimum atomic E-state index is -0.544. The van der Waals surface area contributed by atoms with Crippen molar-refractivity contribution < 1.29 is 14.3 Å². The van der Waals surface area contributed by atoms with E-state index in [-0.39, 0.29) is 12.1 Å². The molecular weight excluding hydrogens is 342 g/mol. The number of alkyl carbamates (subject to hydrolysis) is 1. The van der Waals surface area contributed by atoms with Crippen LogP contribution in [0.15, 0.2) is 24.3 Å². The highest BCUT2D eigenvalue weighted by Crippen LogP contribution is 2.23. The van der Waals surface area contributed by atoms with Crippen molar-refractivity contribution in [2.24, 2.45) is 0 Å². The number of piperidine rings is 1. The number of rotatable bonds is 3. The van der Waals surface area contributed by atoms with Crippen molar-refractivity contribution in [3.63, 3.8) is 0 Å². The van der Waals surface area contributed by atoms with Crippen molar-refractivity contribution in [1.29, 1.82) is 0 Å². The van der Waals surface area contributed by atoms with E-state index in [1.54, 1.807) is 17.0 Å². The molecule has 0 aromatic heterocycles. The number of hydrogen-bond donors (Lipinski definition) is 2. The maximum Gasteiger partial charge on any atom is 0.407 e. The van der Waals surface area contributed by atoms with Gasteiger partial charge in [0.15, 0.2) is 0 Å². The number of ether oxygens (including phenoxy) is 1. The molecule has 2 N–H and O–H groups in total. The van der Waals surface area contributed by atoms with Crippen molar-refractivity contribution in [1.82, 2.24) is 10.2 Å². The van der Waals surface area contributed by atoms with E-state index in [4.69, 9.17) is 16.3 Å². The average Bonchev–Trinajstić information content (AvgIpc) is 2.54. The third-order valence-corrected chi connectivity index (χ3v) is 4.21. The summed E-state index contributed by atoms with van der Waals surface area (Å²) in [5.74, 6) is 0. The number of halogens is 1. The van der Waals surface area contributed by atoms with Gasteiger partial charge in [-0.15, -0.1) is 0 Å². The number of carbonyl (C=O) groups is 2. The molecule has 1 aliphatic heterocycles. The number of para-hydroxylation sites is 1. The summed E-state index contributed by atoms with van der Waals surface area (Å²) in [5, 5.41) is 6.10. The fourth-order valence-electron chi connectivity index (χ4n) is 2.75. The smallest absolute Gasteiger partial charge is 0.407 e.